The summed E-state index contributed by atoms with van der Waals surface area (Å²) in [4.78, 5) is 11.7. The third kappa shape index (κ3) is 5.33. The van der Waals surface area contributed by atoms with Crippen LogP contribution >= 0.6 is 0 Å². The number of carbonyl (C=O) groups is 1. The first-order valence-electron chi connectivity index (χ1n) is 8.69. The Morgan fingerprint density at radius 3 is 2.07 bits per heavy atom. The van der Waals surface area contributed by atoms with Crippen molar-refractivity contribution in [2.24, 2.45) is 11.8 Å². The van der Waals surface area contributed by atoms with Crippen molar-refractivity contribution < 1.29 is 62.4 Å². The Morgan fingerprint density at radius 2 is 1.60 bits per heavy atom. The van der Waals surface area contributed by atoms with Gasteiger partial charge in [0.25, 0.3) is 0 Å². The first kappa shape index (κ1) is 26.8. The molecule has 0 amide bonds. The van der Waals surface area contributed by atoms with Crippen LogP contribution in [0.4, 0.5) is 35.1 Å². The Kier molecular flexibility index (Phi) is 7.80. The molecule has 0 aromatic heterocycles. The molecule has 3 unspecified atom stereocenters. The molecule has 1 rings (SSSR count). The summed E-state index contributed by atoms with van der Waals surface area (Å²) in [5, 5.41) is -6.62. The summed E-state index contributed by atoms with van der Waals surface area (Å²) in [5.74, 6) is -9.27. The number of alkyl halides is 8. The summed E-state index contributed by atoms with van der Waals surface area (Å²) in [7, 11) is -6.98. The van der Waals surface area contributed by atoms with Gasteiger partial charge in [0.1, 0.15) is 6.10 Å². The van der Waals surface area contributed by atoms with Crippen LogP contribution in [-0.4, -0.2) is 48.4 Å². The van der Waals surface area contributed by atoms with Crippen molar-refractivity contribution in [2.75, 3.05) is 0 Å². The number of rotatable bonds is 9. The fraction of sp³-hybridized carbons (Fsp3) is 0.933. The van der Waals surface area contributed by atoms with Gasteiger partial charge in [-0.05, 0) is 32.1 Å². The quantitative estimate of drug-likeness (QED) is 0.298. The van der Waals surface area contributed by atoms with Gasteiger partial charge in [-0.2, -0.15) is 43.5 Å². The zero-order valence-electron chi connectivity index (χ0n) is 15.7. The maximum atomic E-state index is 14.2. The van der Waals surface area contributed by atoms with E-state index in [-0.39, 0.29) is 12.8 Å². The van der Waals surface area contributed by atoms with Crippen LogP contribution in [0.3, 0.4) is 0 Å². The molecule has 1 aliphatic carbocycles. The van der Waals surface area contributed by atoms with E-state index in [1.807, 2.05) is 0 Å². The van der Waals surface area contributed by atoms with Gasteiger partial charge in [-0.1, -0.05) is 13.8 Å². The average Bonchev–Trinajstić information content (AvgIpc) is 2.58. The fourth-order valence-electron chi connectivity index (χ4n) is 2.70. The van der Waals surface area contributed by atoms with Gasteiger partial charge in [-0.15, -0.1) is 0 Å². The van der Waals surface area contributed by atoms with Crippen LogP contribution in [0.2, 0.25) is 0 Å². The highest BCUT2D eigenvalue weighted by Gasteiger charge is 2.75. The second-order valence-electron chi connectivity index (χ2n) is 6.98. The summed E-state index contributed by atoms with van der Waals surface area (Å²) < 4.78 is 145. The Morgan fingerprint density at radius 1 is 1.07 bits per heavy atom. The molecule has 6 nitrogen and oxygen atoms in total. The van der Waals surface area contributed by atoms with E-state index >= 15 is 0 Å². The van der Waals surface area contributed by atoms with Gasteiger partial charge in [0, 0.05) is 5.92 Å². The molecule has 3 atom stereocenters. The van der Waals surface area contributed by atoms with E-state index in [9.17, 15) is 48.3 Å². The maximum Gasteiger partial charge on any atom is 0.460 e. The van der Waals surface area contributed by atoms with Crippen molar-refractivity contribution in [3.05, 3.63) is 0 Å². The van der Waals surface area contributed by atoms with E-state index in [0.717, 1.165) is 0 Å². The number of hydrogen-bond donors (Lipinski definition) is 1. The van der Waals surface area contributed by atoms with Crippen LogP contribution in [0.25, 0.3) is 0 Å². The first-order chi connectivity index (χ1) is 13.3. The molecule has 15 heteroatoms. The first-order valence-corrected chi connectivity index (χ1v) is 10.1. The Labute approximate surface area is 166 Å². The molecule has 0 aromatic carbocycles. The molecular formula is C15H20F8O6S. The molecule has 0 bridgehead atoms. The van der Waals surface area contributed by atoms with E-state index in [4.69, 9.17) is 9.29 Å². The molecule has 1 saturated carbocycles. The molecule has 0 heterocycles. The molecule has 0 spiro atoms. The predicted octanol–water partition coefficient (Wildman–Crippen LogP) is 4.45. The highest BCUT2D eigenvalue weighted by atomic mass is 32.2. The second kappa shape index (κ2) is 8.73. The Hall–Kier alpha value is -1.22. The highest BCUT2D eigenvalue weighted by Crippen LogP contribution is 2.51. The van der Waals surface area contributed by atoms with E-state index in [0.29, 0.717) is 6.42 Å². The molecule has 1 aliphatic rings. The minimum atomic E-state index is -6.98. The number of esters is 1. The number of hydrogen-bond acceptors (Lipinski definition) is 5. The van der Waals surface area contributed by atoms with Gasteiger partial charge in [-0.3, -0.25) is 9.35 Å². The molecule has 1 N–H and O–H groups in total. The molecule has 0 radical (unpaired) electrons. The van der Waals surface area contributed by atoms with E-state index < -0.39 is 70.3 Å². The van der Waals surface area contributed by atoms with E-state index in [1.54, 1.807) is 6.92 Å². The molecule has 1 fully saturated rings. The smallest absolute Gasteiger partial charge is 0.460 e. The lowest BCUT2D eigenvalue weighted by molar-refractivity contribution is -0.463. The zero-order chi connectivity index (χ0) is 23.8. The van der Waals surface area contributed by atoms with Crippen molar-refractivity contribution in [3.8, 4) is 0 Å². The van der Waals surface area contributed by atoms with Gasteiger partial charge in [0.2, 0.25) is 0 Å². The summed E-state index contributed by atoms with van der Waals surface area (Å²) in [5.41, 5.74) is 0. The van der Waals surface area contributed by atoms with Crippen LogP contribution in [-0.2, 0) is 24.4 Å². The minimum Gasteiger partial charge on any atom is -0.462 e. The third-order valence-electron chi connectivity index (χ3n) is 4.74. The average molecular weight is 480 g/mol. The number of carbonyl (C=O) groups excluding carboxylic acids is 1. The van der Waals surface area contributed by atoms with Crippen molar-refractivity contribution in [3.63, 3.8) is 0 Å². The highest BCUT2D eigenvalue weighted by molar-refractivity contribution is 7.86. The molecule has 178 valence electrons. The van der Waals surface area contributed by atoms with E-state index in [1.165, 1.54) is 6.92 Å². The molecule has 0 saturated heterocycles. The lowest BCUT2D eigenvalue weighted by Gasteiger charge is -2.38. The summed E-state index contributed by atoms with van der Waals surface area (Å²) in [6, 6.07) is 0. The van der Waals surface area contributed by atoms with Crippen molar-refractivity contribution in [1.29, 1.82) is 0 Å². The predicted molar refractivity (Wildman–Crippen MR) is 83.7 cm³/mol. The Bertz CT molecular complexity index is 727. The van der Waals surface area contributed by atoms with Crippen LogP contribution in [0.5, 0.6) is 0 Å². The third-order valence-corrected chi connectivity index (χ3v) is 5.63. The standard InChI is InChI=1S/C15H20F8O6S/c1-3-8(2)11(24)28-10-6-4-5-9(7-10)12(16,17)13(18,19)29-14(20,21)15(22,23)30(25,26)27/h8-10H,3-7H2,1-2H3,(H,25,26,27). The summed E-state index contributed by atoms with van der Waals surface area (Å²) in [6.07, 6.45) is -15.6. The lowest BCUT2D eigenvalue weighted by atomic mass is 9.82. The van der Waals surface area contributed by atoms with E-state index in [2.05, 4.69) is 4.74 Å². The fourth-order valence-corrected chi connectivity index (χ4v) is 3.05. The monoisotopic (exact) mass is 480 g/mol. The van der Waals surface area contributed by atoms with Gasteiger partial charge in [0.05, 0.1) is 5.92 Å². The molecule has 0 aliphatic heterocycles. The summed E-state index contributed by atoms with van der Waals surface area (Å²) in [6.45, 7) is 3.10. The van der Waals surface area contributed by atoms with Gasteiger partial charge in [0.15, 0.2) is 0 Å². The second-order valence-corrected chi connectivity index (χ2v) is 8.45. The minimum absolute atomic E-state index is 0.0260. The molecule has 30 heavy (non-hydrogen) atoms. The Balaban J connectivity index is 3.03. The normalized spacial score (nSPS) is 23.2. The van der Waals surface area contributed by atoms with Gasteiger partial charge >= 0.3 is 39.5 Å². The van der Waals surface area contributed by atoms with Crippen LogP contribution in [0.15, 0.2) is 0 Å². The van der Waals surface area contributed by atoms with Crippen LogP contribution in [0, 0.1) is 11.8 Å². The van der Waals surface area contributed by atoms with Crippen molar-refractivity contribution in [1.82, 2.24) is 0 Å². The lowest BCUT2D eigenvalue weighted by Crippen LogP contribution is -2.58. The van der Waals surface area contributed by atoms with Crippen LogP contribution < -0.4 is 0 Å². The molecular weight excluding hydrogens is 460 g/mol. The van der Waals surface area contributed by atoms with Gasteiger partial charge in [-0.25, -0.2) is 4.74 Å². The van der Waals surface area contributed by atoms with Crippen molar-refractivity contribution >= 4 is 16.1 Å². The maximum absolute atomic E-state index is 14.2. The number of halogens is 8. The zero-order valence-corrected chi connectivity index (χ0v) is 16.5. The van der Waals surface area contributed by atoms with Crippen molar-refractivity contribution in [2.45, 2.75) is 75.4 Å². The summed E-state index contributed by atoms with van der Waals surface area (Å²) >= 11 is 0. The van der Waals surface area contributed by atoms with Gasteiger partial charge < -0.3 is 4.74 Å². The molecule has 0 aromatic rings. The van der Waals surface area contributed by atoms with Crippen LogP contribution in [0.1, 0.15) is 46.0 Å². The topological polar surface area (TPSA) is 89.9 Å². The SMILES string of the molecule is CCC(C)C(=O)OC1CCCC(C(F)(F)C(F)(F)OC(F)(F)C(F)(F)S(=O)(=O)O)C1. The number of ether oxygens (including phenoxy) is 2. The largest absolute Gasteiger partial charge is 0.462 e.